The van der Waals surface area contributed by atoms with Crippen molar-refractivity contribution in [2.75, 3.05) is 19.8 Å². The van der Waals surface area contributed by atoms with E-state index in [9.17, 15) is 4.79 Å². The Bertz CT molecular complexity index is 401. The van der Waals surface area contributed by atoms with E-state index in [1.54, 1.807) is 0 Å². The van der Waals surface area contributed by atoms with Crippen LogP contribution in [0.1, 0.15) is 6.92 Å². The van der Waals surface area contributed by atoms with Crippen LogP contribution in [-0.2, 0) is 9.53 Å². The third kappa shape index (κ3) is 2.79. The lowest BCUT2D eigenvalue weighted by atomic mass is 9.94. The molecule has 0 N–H and O–H groups in total. The van der Waals surface area contributed by atoms with Gasteiger partial charge < -0.3 is 14.2 Å². The second kappa shape index (κ2) is 4.79. The number of fused-ring (bicyclic) bond motifs is 1. The van der Waals surface area contributed by atoms with Crippen LogP contribution in [0.5, 0.6) is 11.5 Å². The van der Waals surface area contributed by atoms with Gasteiger partial charge in [0.15, 0.2) is 11.5 Å². The van der Waals surface area contributed by atoms with Gasteiger partial charge in [0.25, 0.3) is 0 Å². The summed E-state index contributed by atoms with van der Waals surface area (Å²) in [7, 11) is 0. The fourth-order valence-corrected chi connectivity index (χ4v) is 2.10. The van der Waals surface area contributed by atoms with Gasteiger partial charge in [-0.1, -0.05) is 6.58 Å². The van der Waals surface area contributed by atoms with Crippen molar-refractivity contribution in [2.45, 2.75) is 6.92 Å². The zero-order valence-electron chi connectivity index (χ0n) is 9.60. The van der Waals surface area contributed by atoms with Crippen LogP contribution in [0.3, 0.4) is 0 Å². The molecule has 17 heavy (non-hydrogen) atoms. The van der Waals surface area contributed by atoms with Crippen LogP contribution in [0.2, 0.25) is 0 Å². The topological polar surface area (TPSA) is 44.8 Å². The van der Waals surface area contributed by atoms with E-state index in [1.807, 2.05) is 17.7 Å². The number of hydrogen-bond donors (Lipinski definition) is 0. The molecule has 1 aliphatic rings. The molecule has 4 nitrogen and oxygen atoms in total. The summed E-state index contributed by atoms with van der Waals surface area (Å²) in [6, 6.07) is 0. The Hall–Kier alpha value is -1.49. The average Bonchev–Trinajstić information content (AvgIpc) is 2.73. The van der Waals surface area contributed by atoms with Crippen LogP contribution in [-0.4, -0.2) is 25.8 Å². The number of hydrogen-bond acceptors (Lipinski definition) is 5. The standard InChI is InChI=1S/C12H14O4S/c1-3-11(13)16-8-12(2)6-14-9-4-17-5-10(9)15-7-12/h3-5H,1,6-8H2,2H3. The van der Waals surface area contributed by atoms with E-state index in [0.717, 1.165) is 17.6 Å². The number of ether oxygens (including phenoxy) is 3. The second-order valence-electron chi connectivity index (χ2n) is 4.30. The minimum Gasteiger partial charge on any atom is -0.488 e. The monoisotopic (exact) mass is 254 g/mol. The van der Waals surface area contributed by atoms with E-state index in [2.05, 4.69) is 6.58 Å². The predicted molar refractivity (Wildman–Crippen MR) is 64.6 cm³/mol. The fourth-order valence-electron chi connectivity index (χ4n) is 1.42. The van der Waals surface area contributed by atoms with E-state index < -0.39 is 5.97 Å². The number of carbonyl (C=O) groups excluding carboxylic acids is 1. The van der Waals surface area contributed by atoms with Gasteiger partial charge in [-0.2, -0.15) is 0 Å². The van der Waals surface area contributed by atoms with Crippen LogP contribution in [0, 0.1) is 5.41 Å². The zero-order chi connectivity index (χ0) is 12.3. The van der Waals surface area contributed by atoms with Gasteiger partial charge in [0.1, 0.15) is 19.8 Å². The number of thiophene rings is 1. The summed E-state index contributed by atoms with van der Waals surface area (Å²) in [4.78, 5) is 11.0. The summed E-state index contributed by atoms with van der Waals surface area (Å²) < 4.78 is 16.3. The molecule has 0 amide bonds. The molecule has 0 radical (unpaired) electrons. The van der Waals surface area contributed by atoms with Gasteiger partial charge in [0.05, 0.1) is 5.41 Å². The first-order valence-electron chi connectivity index (χ1n) is 5.24. The van der Waals surface area contributed by atoms with Gasteiger partial charge >= 0.3 is 5.97 Å². The number of rotatable bonds is 3. The molecule has 2 heterocycles. The van der Waals surface area contributed by atoms with Crippen molar-refractivity contribution < 1.29 is 19.0 Å². The van der Waals surface area contributed by atoms with Crippen molar-refractivity contribution in [2.24, 2.45) is 5.41 Å². The number of esters is 1. The highest BCUT2D eigenvalue weighted by molar-refractivity contribution is 7.08. The van der Waals surface area contributed by atoms with Crippen LogP contribution in [0.4, 0.5) is 0 Å². The maximum Gasteiger partial charge on any atom is 0.330 e. The highest BCUT2D eigenvalue weighted by Gasteiger charge is 2.32. The van der Waals surface area contributed by atoms with Gasteiger partial charge in [-0.3, -0.25) is 0 Å². The Kier molecular flexibility index (Phi) is 3.38. The summed E-state index contributed by atoms with van der Waals surface area (Å²) >= 11 is 1.54. The molecule has 2 rings (SSSR count). The quantitative estimate of drug-likeness (QED) is 0.613. The normalized spacial score (nSPS) is 17.0. The first kappa shape index (κ1) is 12.0. The molecule has 0 saturated heterocycles. The highest BCUT2D eigenvalue weighted by Crippen LogP contribution is 2.36. The summed E-state index contributed by atoms with van der Waals surface area (Å²) in [6.07, 6.45) is 1.15. The Morgan fingerprint density at radius 1 is 1.53 bits per heavy atom. The van der Waals surface area contributed by atoms with Crippen molar-refractivity contribution in [3.8, 4) is 11.5 Å². The van der Waals surface area contributed by atoms with Gasteiger partial charge in [-0.05, 0) is 6.92 Å². The van der Waals surface area contributed by atoms with Gasteiger partial charge in [0.2, 0.25) is 0 Å². The van der Waals surface area contributed by atoms with Crippen molar-refractivity contribution >= 4 is 17.3 Å². The average molecular weight is 254 g/mol. The molecule has 0 saturated carbocycles. The minimum atomic E-state index is -0.426. The molecule has 1 aromatic heterocycles. The Morgan fingerprint density at radius 3 is 2.65 bits per heavy atom. The number of carbonyl (C=O) groups is 1. The molecule has 1 aromatic rings. The van der Waals surface area contributed by atoms with E-state index in [4.69, 9.17) is 14.2 Å². The fraction of sp³-hybridized carbons (Fsp3) is 0.417. The molecule has 92 valence electrons. The molecule has 1 aliphatic heterocycles. The first-order chi connectivity index (χ1) is 8.13. The lowest BCUT2D eigenvalue weighted by Gasteiger charge is -2.25. The molecule has 0 aliphatic carbocycles. The summed E-state index contributed by atoms with van der Waals surface area (Å²) in [5.74, 6) is 1.09. The van der Waals surface area contributed by atoms with Crippen molar-refractivity contribution in [1.82, 2.24) is 0 Å². The molecule has 0 spiro atoms. The Morgan fingerprint density at radius 2 is 2.12 bits per heavy atom. The maximum absolute atomic E-state index is 11.0. The largest absolute Gasteiger partial charge is 0.488 e. The highest BCUT2D eigenvalue weighted by atomic mass is 32.1. The summed E-state index contributed by atoms with van der Waals surface area (Å²) in [5.41, 5.74) is -0.338. The van der Waals surface area contributed by atoms with Gasteiger partial charge in [-0.15, -0.1) is 11.3 Å². The molecular formula is C12H14O4S. The van der Waals surface area contributed by atoms with Crippen LogP contribution in [0.25, 0.3) is 0 Å². The second-order valence-corrected chi connectivity index (χ2v) is 5.04. The van der Waals surface area contributed by atoms with E-state index in [-0.39, 0.29) is 12.0 Å². The van der Waals surface area contributed by atoms with Crippen LogP contribution >= 0.6 is 11.3 Å². The Balaban J connectivity index is 1.97. The lowest BCUT2D eigenvalue weighted by Crippen LogP contribution is -2.35. The van der Waals surface area contributed by atoms with Crippen LogP contribution < -0.4 is 9.47 Å². The molecule has 0 atom stereocenters. The Labute approximate surface area is 104 Å². The molecule has 0 unspecified atom stereocenters. The molecular weight excluding hydrogens is 240 g/mol. The summed E-state index contributed by atoms with van der Waals surface area (Å²) in [5, 5.41) is 3.80. The van der Waals surface area contributed by atoms with E-state index in [1.165, 1.54) is 11.3 Å². The van der Waals surface area contributed by atoms with Crippen molar-refractivity contribution in [1.29, 1.82) is 0 Å². The van der Waals surface area contributed by atoms with Gasteiger partial charge in [-0.25, -0.2) is 4.79 Å². The van der Waals surface area contributed by atoms with E-state index >= 15 is 0 Å². The zero-order valence-corrected chi connectivity index (χ0v) is 10.4. The summed E-state index contributed by atoms with van der Waals surface area (Å²) in [6.45, 7) is 6.49. The molecule has 0 bridgehead atoms. The third-order valence-electron chi connectivity index (χ3n) is 2.47. The third-order valence-corrected chi connectivity index (χ3v) is 3.18. The molecule has 5 heteroatoms. The minimum absolute atomic E-state index is 0.256. The lowest BCUT2D eigenvalue weighted by molar-refractivity contribution is -0.142. The van der Waals surface area contributed by atoms with Crippen LogP contribution in [0.15, 0.2) is 23.4 Å². The first-order valence-corrected chi connectivity index (χ1v) is 6.18. The van der Waals surface area contributed by atoms with Crippen molar-refractivity contribution in [3.05, 3.63) is 23.4 Å². The van der Waals surface area contributed by atoms with Gasteiger partial charge in [0, 0.05) is 16.8 Å². The SMILES string of the molecule is C=CC(=O)OCC1(C)COc2cscc2OC1. The predicted octanol–water partition coefficient (Wildman–Crippen LogP) is 2.25. The van der Waals surface area contributed by atoms with E-state index in [0.29, 0.717) is 13.2 Å². The smallest absolute Gasteiger partial charge is 0.330 e. The molecule has 0 aromatic carbocycles. The van der Waals surface area contributed by atoms with Crippen molar-refractivity contribution in [3.63, 3.8) is 0 Å². The maximum atomic E-state index is 11.0. The molecule has 0 fully saturated rings.